The molecular weight excluding hydrogens is 346 g/mol. The van der Waals surface area contributed by atoms with Crippen molar-refractivity contribution in [1.29, 1.82) is 0 Å². The molecule has 0 radical (unpaired) electrons. The Kier molecular flexibility index (Phi) is 9.21. The Morgan fingerprint density at radius 1 is 1.22 bits per heavy atom. The smallest absolute Gasteiger partial charge is 0.193 e. The van der Waals surface area contributed by atoms with E-state index in [0.717, 1.165) is 43.6 Å². The number of nitrogens with zero attached hydrogens (tertiary/aromatic N) is 2. The van der Waals surface area contributed by atoms with Crippen LogP contribution in [0.4, 0.5) is 0 Å². The lowest BCUT2D eigenvalue weighted by Crippen LogP contribution is -2.43. The zero-order valence-electron chi connectivity index (χ0n) is 16.9. The summed E-state index contributed by atoms with van der Waals surface area (Å²) in [5, 5.41) is 3.42. The summed E-state index contributed by atoms with van der Waals surface area (Å²) in [6.07, 6.45) is 1.14. The molecule has 1 aliphatic rings. The number of hydrogen-bond acceptors (Lipinski definition) is 5. The summed E-state index contributed by atoms with van der Waals surface area (Å²) in [5.41, 5.74) is 0. The molecule has 1 N–H and O–H groups in total. The maximum Gasteiger partial charge on any atom is 0.193 e. The lowest BCUT2D eigenvalue weighted by molar-refractivity contribution is 0.0536. The number of aliphatic imine (C=N–C) groups is 1. The molecule has 1 fully saturated rings. The fourth-order valence-corrected chi connectivity index (χ4v) is 3.05. The average Bonchev–Trinajstić information content (AvgIpc) is 3.15. The van der Waals surface area contributed by atoms with E-state index in [1.54, 1.807) is 14.2 Å². The molecule has 2 rings (SSSR count). The zero-order valence-corrected chi connectivity index (χ0v) is 16.9. The molecule has 1 saturated heterocycles. The fourth-order valence-electron chi connectivity index (χ4n) is 3.05. The van der Waals surface area contributed by atoms with Gasteiger partial charge in [0.15, 0.2) is 5.96 Å². The van der Waals surface area contributed by atoms with Crippen LogP contribution in [0, 0.1) is 5.92 Å². The highest BCUT2D eigenvalue weighted by Crippen LogP contribution is 2.18. The van der Waals surface area contributed by atoms with Crippen molar-refractivity contribution < 1.29 is 18.9 Å². The highest BCUT2D eigenvalue weighted by atomic mass is 16.5. The molecule has 0 aromatic heterocycles. The van der Waals surface area contributed by atoms with E-state index >= 15 is 0 Å². The van der Waals surface area contributed by atoms with Crippen molar-refractivity contribution in [3.63, 3.8) is 0 Å². The third-order valence-electron chi connectivity index (χ3n) is 4.53. The Labute approximate surface area is 162 Å². The minimum atomic E-state index is 0.0194. The van der Waals surface area contributed by atoms with Gasteiger partial charge < -0.3 is 29.2 Å². The first kappa shape index (κ1) is 21.3. The lowest BCUT2D eigenvalue weighted by atomic mass is 10.1. The van der Waals surface area contributed by atoms with Crippen LogP contribution in [0.5, 0.6) is 11.5 Å². The molecule has 7 nitrogen and oxygen atoms in total. The van der Waals surface area contributed by atoms with Gasteiger partial charge in [-0.15, -0.1) is 0 Å². The van der Waals surface area contributed by atoms with Crippen LogP contribution in [0.25, 0.3) is 0 Å². The second-order valence-electron chi connectivity index (χ2n) is 6.70. The quantitative estimate of drug-likeness (QED) is 0.381. The van der Waals surface area contributed by atoms with Crippen LogP contribution < -0.4 is 14.8 Å². The minimum Gasteiger partial charge on any atom is -0.497 e. The maximum absolute atomic E-state index is 5.95. The Bertz CT molecular complexity index is 565. The van der Waals surface area contributed by atoms with Gasteiger partial charge in [-0.1, -0.05) is 0 Å². The first-order valence-corrected chi connectivity index (χ1v) is 9.49. The van der Waals surface area contributed by atoms with E-state index in [1.165, 1.54) is 0 Å². The van der Waals surface area contributed by atoms with E-state index in [2.05, 4.69) is 15.2 Å². The van der Waals surface area contributed by atoms with Crippen LogP contribution in [0.1, 0.15) is 13.3 Å². The van der Waals surface area contributed by atoms with E-state index in [0.29, 0.717) is 25.7 Å². The minimum absolute atomic E-state index is 0.0194. The molecule has 0 aliphatic carbocycles. The maximum atomic E-state index is 5.95. The summed E-state index contributed by atoms with van der Waals surface area (Å²) in [4.78, 5) is 6.70. The summed E-state index contributed by atoms with van der Waals surface area (Å²) in [6.45, 7) is 6.75. The Morgan fingerprint density at radius 3 is 2.63 bits per heavy atom. The molecule has 2 unspecified atom stereocenters. The van der Waals surface area contributed by atoms with Gasteiger partial charge in [0.25, 0.3) is 0 Å². The molecule has 2 atom stereocenters. The molecule has 152 valence electrons. The number of nitrogens with one attached hydrogen (secondary N) is 1. The van der Waals surface area contributed by atoms with E-state index in [4.69, 9.17) is 18.9 Å². The number of likely N-dealkylation sites (tertiary alicyclic amines) is 1. The van der Waals surface area contributed by atoms with Gasteiger partial charge in [-0.05, 0) is 37.6 Å². The zero-order chi connectivity index (χ0) is 19.5. The summed E-state index contributed by atoms with van der Waals surface area (Å²) in [7, 11) is 5.16. The van der Waals surface area contributed by atoms with Crippen LogP contribution in [0.3, 0.4) is 0 Å². The molecule has 1 aliphatic heterocycles. The third-order valence-corrected chi connectivity index (χ3v) is 4.53. The van der Waals surface area contributed by atoms with Gasteiger partial charge in [0.05, 0.1) is 33.5 Å². The van der Waals surface area contributed by atoms with Gasteiger partial charge in [0.1, 0.15) is 17.6 Å². The van der Waals surface area contributed by atoms with Crippen molar-refractivity contribution in [1.82, 2.24) is 10.2 Å². The highest BCUT2D eigenvalue weighted by Gasteiger charge is 2.25. The largest absolute Gasteiger partial charge is 0.497 e. The van der Waals surface area contributed by atoms with Crippen molar-refractivity contribution in [3.8, 4) is 11.5 Å². The topological polar surface area (TPSA) is 64.6 Å². The number of hydrogen-bond donors (Lipinski definition) is 1. The van der Waals surface area contributed by atoms with Gasteiger partial charge >= 0.3 is 0 Å². The van der Waals surface area contributed by atoms with Crippen LogP contribution >= 0.6 is 0 Å². The molecule has 27 heavy (non-hydrogen) atoms. The van der Waals surface area contributed by atoms with Gasteiger partial charge in [0, 0.05) is 33.2 Å². The second kappa shape index (κ2) is 11.7. The molecule has 0 saturated carbocycles. The summed E-state index contributed by atoms with van der Waals surface area (Å²) >= 11 is 0. The predicted molar refractivity (Wildman–Crippen MR) is 107 cm³/mol. The number of guanidine groups is 1. The van der Waals surface area contributed by atoms with E-state index in [9.17, 15) is 0 Å². The molecule has 0 bridgehead atoms. The number of rotatable bonds is 10. The number of benzene rings is 1. The van der Waals surface area contributed by atoms with Crippen molar-refractivity contribution in [2.45, 2.75) is 19.4 Å². The van der Waals surface area contributed by atoms with Crippen molar-refractivity contribution in [2.24, 2.45) is 10.9 Å². The first-order chi connectivity index (χ1) is 13.2. The fraction of sp³-hybridized carbons (Fsp3) is 0.650. The molecule has 0 spiro atoms. The molecule has 1 aromatic rings. The standard InChI is InChI=1S/C20H33N3O4/c1-16(27-19-7-5-18(25-4)6-8-19)13-22-20(21-2)23-10-9-17(14-23)15-26-12-11-24-3/h5-8,16-17H,9-15H2,1-4H3,(H,21,22). The van der Waals surface area contributed by atoms with Crippen LogP contribution in [0.2, 0.25) is 0 Å². The van der Waals surface area contributed by atoms with Crippen LogP contribution in [-0.4, -0.2) is 77.7 Å². The summed E-state index contributed by atoms with van der Waals surface area (Å²) in [6, 6.07) is 7.62. The SMILES string of the molecule is CN=C(NCC(C)Oc1ccc(OC)cc1)N1CCC(COCCOC)C1. The number of ether oxygens (including phenoxy) is 4. The highest BCUT2D eigenvalue weighted by molar-refractivity contribution is 5.80. The summed E-state index contributed by atoms with van der Waals surface area (Å²) in [5.74, 6) is 3.10. The van der Waals surface area contributed by atoms with Crippen molar-refractivity contribution in [2.75, 3.05) is 60.7 Å². The second-order valence-corrected chi connectivity index (χ2v) is 6.70. The molecule has 0 amide bonds. The van der Waals surface area contributed by atoms with E-state index in [-0.39, 0.29) is 6.10 Å². The Balaban J connectivity index is 1.71. The van der Waals surface area contributed by atoms with Gasteiger partial charge in [-0.2, -0.15) is 0 Å². The van der Waals surface area contributed by atoms with Gasteiger partial charge in [-0.25, -0.2) is 0 Å². The van der Waals surface area contributed by atoms with Crippen LogP contribution in [-0.2, 0) is 9.47 Å². The monoisotopic (exact) mass is 379 g/mol. The van der Waals surface area contributed by atoms with Crippen LogP contribution in [0.15, 0.2) is 29.3 Å². The first-order valence-electron chi connectivity index (χ1n) is 9.49. The van der Waals surface area contributed by atoms with E-state index in [1.807, 2.05) is 38.2 Å². The molecular formula is C20H33N3O4. The molecule has 7 heteroatoms. The van der Waals surface area contributed by atoms with Gasteiger partial charge in [0.2, 0.25) is 0 Å². The third kappa shape index (κ3) is 7.27. The Morgan fingerprint density at radius 2 is 1.96 bits per heavy atom. The molecule has 1 heterocycles. The lowest BCUT2D eigenvalue weighted by Gasteiger charge is -2.23. The number of methoxy groups -OCH3 is 2. The average molecular weight is 380 g/mol. The van der Waals surface area contributed by atoms with Gasteiger partial charge in [-0.3, -0.25) is 4.99 Å². The normalized spacial score (nSPS) is 18.4. The van der Waals surface area contributed by atoms with Crippen molar-refractivity contribution >= 4 is 5.96 Å². The van der Waals surface area contributed by atoms with Crippen molar-refractivity contribution in [3.05, 3.63) is 24.3 Å². The van der Waals surface area contributed by atoms with E-state index < -0.39 is 0 Å². The Hall–Kier alpha value is -1.99. The molecule has 1 aromatic carbocycles. The summed E-state index contributed by atoms with van der Waals surface area (Å²) < 4.78 is 21.8. The predicted octanol–water partition coefficient (Wildman–Crippen LogP) is 2.02.